The zero-order chi connectivity index (χ0) is 10.5. The second kappa shape index (κ2) is 4.77. The molecule has 1 aromatic rings. The summed E-state index contributed by atoms with van der Waals surface area (Å²) in [6, 6.07) is 2.13. The van der Waals surface area contributed by atoms with Gasteiger partial charge in [0.25, 0.3) is 0 Å². The molecule has 2 rings (SSSR count). The lowest BCUT2D eigenvalue weighted by molar-refractivity contribution is 0.701. The second-order valence-corrected chi connectivity index (χ2v) is 3.73. The molecule has 0 radical (unpaired) electrons. The fourth-order valence-corrected chi connectivity index (χ4v) is 1.55. The van der Waals surface area contributed by atoms with Gasteiger partial charge in [0.15, 0.2) is 5.96 Å². The molecule has 0 aliphatic carbocycles. The first kappa shape index (κ1) is 9.96. The van der Waals surface area contributed by atoms with Crippen molar-refractivity contribution in [2.45, 2.75) is 19.9 Å². The maximum Gasteiger partial charge on any atom is 0.191 e. The molecule has 0 spiro atoms. The molecule has 1 aliphatic heterocycles. The molecule has 0 amide bonds. The van der Waals surface area contributed by atoms with Crippen LogP contribution in [0.15, 0.2) is 23.5 Å². The monoisotopic (exact) mass is 204 g/mol. The lowest BCUT2D eigenvalue weighted by Gasteiger charge is -2.15. The van der Waals surface area contributed by atoms with Gasteiger partial charge in [-0.1, -0.05) is 6.07 Å². The Morgan fingerprint density at radius 3 is 3.13 bits per heavy atom. The van der Waals surface area contributed by atoms with Gasteiger partial charge < -0.3 is 10.6 Å². The van der Waals surface area contributed by atoms with E-state index in [-0.39, 0.29) is 0 Å². The van der Waals surface area contributed by atoms with Crippen molar-refractivity contribution in [1.29, 1.82) is 0 Å². The maximum absolute atomic E-state index is 4.34. The van der Waals surface area contributed by atoms with Gasteiger partial charge in [-0.05, 0) is 24.5 Å². The summed E-state index contributed by atoms with van der Waals surface area (Å²) in [7, 11) is 0. The molecule has 2 heterocycles. The van der Waals surface area contributed by atoms with Crippen LogP contribution in [0.4, 0.5) is 0 Å². The average Bonchev–Trinajstić information content (AvgIpc) is 2.28. The van der Waals surface area contributed by atoms with Crippen molar-refractivity contribution in [2.24, 2.45) is 4.99 Å². The third kappa shape index (κ3) is 2.94. The highest BCUT2D eigenvalue weighted by Crippen LogP contribution is 2.00. The molecule has 2 N–H and O–H groups in total. The van der Waals surface area contributed by atoms with E-state index in [9.17, 15) is 0 Å². The van der Waals surface area contributed by atoms with Crippen LogP contribution in [0.2, 0.25) is 0 Å². The van der Waals surface area contributed by atoms with E-state index in [1.165, 1.54) is 11.1 Å². The molecule has 0 aromatic carbocycles. The molecule has 4 nitrogen and oxygen atoms in total. The Kier molecular flexibility index (Phi) is 3.17. The van der Waals surface area contributed by atoms with E-state index >= 15 is 0 Å². The van der Waals surface area contributed by atoms with E-state index < -0.39 is 0 Å². The van der Waals surface area contributed by atoms with Crippen molar-refractivity contribution in [2.75, 3.05) is 13.1 Å². The van der Waals surface area contributed by atoms with E-state index in [1.54, 1.807) is 0 Å². The number of nitrogens with one attached hydrogen (secondary N) is 2. The molecule has 15 heavy (non-hydrogen) atoms. The Morgan fingerprint density at radius 2 is 2.40 bits per heavy atom. The lowest BCUT2D eigenvalue weighted by atomic mass is 10.2. The molecule has 80 valence electrons. The first-order valence-electron chi connectivity index (χ1n) is 5.27. The third-order valence-electron chi connectivity index (χ3n) is 2.29. The summed E-state index contributed by atoms with van der Waals surface area (Å²) >= 11 is 0. The smallest absolute Gasteiger partial charge is 0.191 e. The summed E-state index contributed by atoms with van der Waals surface area (Å²) in [6.07, 6.45) is 4.86. The number of aryl methyl sites for hydroxylation is 1. The minimum atomic E-state index is 0.778. The first-order chi connectivity index (χ1) is 7.34. The van der Waals surface area contributed by atoms with Gasteiger partial charge in [-0.25, -0.2) is 0 Å². The van der Waals surface area contributed by atoms with E-state index in [2.05, 4.69) is 26.7 Å². The van der Waals surface area contributed by atoms with Crippen LogP contribution < -0.4 is 10.6 Å². The van der Waals surface area contributed by atoms with Crippen LogP contribution in [0, 0.1) is 6.92 Å². The van der Waals surface area contributed by atoms with Crippen molar-refractivity contribution in [3.05, 3.63) is 29.6 Å². The topological polar surface area (TPSA) is 49.3 Å². The Bertz CT molecular complexity index is 359. The first-order valence-corrected chi connectivity index (χ1v) is 5.27. The van der Waals surface area contributed by atoms with Crippen LogP contribution in [-0.2, 0) is 6.54 Å². The Labute approximate surface area is 89.8 Å². The zero-order valence-electron chi connectivity index (χ0n) is 8.95. The molecule has 1 aliphatic rings. The Balaban J connectivity index is 1.90. The van der Waals surface area contributed by atoms with E-state index in [0.29, 0.717) is 0 Å². The molecule has 0 atom stereocenters. The summed E-state index contributed by atoms with van der Waals surface area (Å²) in [4.78, 5) is 8.49. The number of rotatable bonds is 2. The minimum Gasteiger partial charge on any atom is -0.356 e. The predicted molar refractivity (Wildman–Crippen MR) is 60.7 cm³/mol. The SMILES string of the molecule is Cc1cncc(CNC2=NCCCN2)c1. The number of pyridine rings is 1. The summed E-state index contributed by atoms with van der Waals surface area (Å²) in [5.74, 6) is 0.905. The molecule has 0 bridgehead atoms. The van der Waals surface area contributed by atoms with Crippen molar-refractivity contribution < 1.29 is 0 Å². The van der Waals surface area contributed by atoms with Gasteiger partial charge >= 0.3 is 0 Å². The molecule has 0 saturated carbocycles. The Morgan fingerprint density at radius 1 is 1.47 bits per heavy atom. The van der Waals surface area contributed by atoms with Crippen LogP contribution >= 0.6 is 0 Å². The zero-order valence-corrected chi connectivity index (χ0v) is 8.95. The second-order valence-electron chi connectivity index (χ2n) is 3.73. The molecule has 0 saturated heterocycles. The highest BCUT2D eigenvalue weighted by atomic mass is 15.2. The van der Waals surface area contributed by atoms with Crippen LogP contribution in [-0.4, -0.2) is 24.0 Å². The van der Waals surface area contributed by atoms with Gasteiger partial charge in [0, 0.05) is 32.0 Å². The van der Waals surface area contributed by atoms with E-state index in [4.69, 9.17) is 0 Å². The molecule has 0 unspecified atom stereocenters. The molecular formula is C11H16N4. The quantitative estimate of drug-likeness (QED) is 0.750. The van der Waals surface area contributed by atoms with Crippen LogP contribution in [0.1, 0.15) is 17.5 Å². The maximum atomic E-state index is 4.34. The van der Waals surface area contributed by atoms with E-state index in [1.807, 2.05) is 19.3 Å². The summed E-state index contributed by atoms with van der Waals surface area (Å²) in [5, 5.41) is 6.49. The summed E-state index contributed by atoms with van der Waals surface area (Å²) < 4.78 is 0. The van der Waals surface area contributed by atoms with Crippen LogP contribution in [0.25, 0.3) is 0 Å². The van der Waals surface area contributed by atoms with Gasteiger partial charge in [-0.3, -0.25) is 9.98 Å². The molecular weight excluding hydrogens is 188 g/mol. The minimum absolute atomic E-state index is 0.778. The summed E-state index contributed by atoms with van der Waals surface area (Å²) in [5.41, 5.74) is 2.37. The van der Waals surface area contributed by atoms with Crippen molar-refractivity contribution in [3.63, 3.8) is 0 Å². The fraction of sp³-hybridized carbons (Fsp3) is 0.455. The summed E-state index contributed by atoms with van der Waals surface area (Å²) in [6.45, 7) is 4.76. The fourth-order valence-electron chi connectivity index (χ4n) is 1.55. The van der Waals surface area contributed by atoms with Gasteiger partial charge in [0.1, 0.15) is 0 Å². The Hall–Kier alpha value is -1.58. The molecule has 0 fully saturated rings. The predicted octanol–water partition coefficient (Wildman–Crippen LogP) is 0.829. The number of nitrogens with zero attached hydrogens (tertiary/aromatic N) is 2. The van der Waals surface area contributed by atoms with Crippen molar-refractivity contribution in [1.82, 2.24) is 15.6 Å². The van der Waals surface area contributed by atoms with Gasteiger partial charge in [-0.2, -0.15) is 0 Å². The molecule has 1 aromatic heterocycles. The highest BCUT2D eigenvalue weighted by Gasteiger charge is 2.02. The van der Waals surface area contributed by atoms with Crippen molar-refractivity contribution >= 4 is 5.96 Å². The lowest BCUT2D eigenvalue weighted by Crippen LogP contribution is -2.40. The largest absolute Gasteiger partial charge is 0.356 e. The van der Waals surface area contributed by atoms with Crippen molar-refractivity contribution in [3.8, 4) is 0 Å². The third-order valence-corrected chi connectivity index (χ3v) is 2.29. The standard InChI is InChI=1S/C11H16N4/c1-9-5-10(7-12-6-9)8-15-11-13-3-2-4-14-11/h5-7H,2-4,8H2,1H3,(H2,13,14,15). The normalized spacial score (nSPS) is 15.4. The number of hydrogen-bond acceptors (Lipinski definition) is 4. The number of aromatic nitrogens is 1. The average molecular weight is 204 g/mol. The number of guanidine groups is 1. The van der Waals surface area contributed by atoms with Gasteiger partial charge in [-0.15, -0.1) is 0 Å². The molecule has 4 heteroatoms. The number of hydrogen-bond donors (Lipinski definition) is 2. The van der Waals surface area contributed by atoms with Crippen LogP contribution in [0.3, 0.4) is 0 Å². The van der Waals surface area contributed by atoms with E-state index in [0.717, 1.165) is 32.0 Å². The van der Waals surface area contributed by atoms with Crippen LogP contribution in [0.5, 0.6) is 0 Å². The number of aliphatic imine (C=N–C) groups is 1. The highest BCUT2D eigenvalue weighted by molar-refractivity contribution is 5.80. The van der Waals surface area contributed by atoms with Gasteiger partial charge in [0.05, 0.1) is 0 Å². The van der Waals surface area contributed by atoms with Gasteiger partial charge in [0.2, 0.25) is 0 Å².